The zero-order valence-corrected chi connectivity index (χ0v) is 11.7. The zero-order chi connectivity index (χ0) is 13.9. The Hall–Kier alpha value is -1.65. The smallest absolute Gasteiger partial charge is 0.179 e. The van der Waals surface area contributed by atoms with Gasteiger partial charge in [0.25, 0.3) is 0 Å². The molecule has 0 heterocycles. The van der Waals surface area contributed by atoms with Crippen molar-refractivity contribution < 1.29 is 8.42 Å². The average Bonchev–Trinajstić information content (AvgIpc) is 2.40. The van der Waals surface area contributed by atoms with Gasteiger partial charge in [-0.2, -0.15) is 0 Å². The third-order valence-corrected chi connectivity index (χ3v) is 4.75. The van der Waals surface area contributed by atoms with Crippen LogP contribution >= 0.6 is 0 Å². The summed E-state index contributed by atoms with van der Waals surface area (Å²) in [6.07, 6.45) is 0. The quantitative estimate of drug-likeness (QED) is 0.932. The lowest BCUT2D eigenvalue weighted by atomic mass is 10.0. The van der Waals surface area contributed by atoms with Crippen molar-refractivity contribution in [3.05, 3.63) is 54.1 Å². The lowest BCUT2D eigenvalue weighted by Crippen LogP contribution is -2.15. The summed E-state index contributed by atoms with van der Waals surface area (Å²) in [5, 5.41) is 0. The molecule has 0 saturated carbocycles. The number of sulfone groups is 1. The summed E-state index contributed by atoms with van der Waals surface area (Å²) in [5.74, 6) is -0.0170. The average molecular weight is 275 g/mol. The van der Waals surface area contributed by atoms with E-state index >= 15 is 0 Å². The molecule has 0 aromatic heterocycles. The lowest BCUT2D eigenvalue weighted by molar-refractivity contribution is 0.596. The van der Waals surface area contributed by atoms with Gasteiger partial charge in [0.15, 0.2) is 9.84 Å². The molecule has 0 radical (unpaired) electrons. The molecule has 19 heavy (non-hydrogen) atoms. The monoisotopic (exact) mass is 275 g/mol. The Labute approximate surface area is 114 Å². The number of aryl methyl sites for hydroxylation is 1. The van der Waals surface area contributed by atoms with Crippen molar-refractivity contribution in [3.8, 4) is 11.1 Å². The molecule has 2 rings (SSSR count). The molecule has 0 aliphatic rings. The van der Waals surface area contributed by atoms with Crippen LogP contribution in [0.4, 0.5) is 0 Å². The summed E-state index contributed by atoms with van der Waals surface area (Å²) in [6, 6.07) is 15.1. The highest BCUT2D eigenvalue weighted by molar-refractivity contribution is 7.91. The molecule has 0 aliphatic carbocycles. The van der Waals surface area contributed by atoms with Crippen molar-refractivity contribution in [2.24, 2.45) is 5.73 Å². The Morgan fingerprint density at radius 1 is 0.895 bits per heavy atom. The topological polar surface area (TPSA) is 60.2 Å². The van der Waals surface area contributed by atoms with Crippen LogP contribution in [0.1, 0.15) is 5.56 Å². The van der Waals surface area contributed by atoms with Crippen molar-refractivity contribution in [1.29, 1.82) is 0 Å². The third kappa shape index (κ3) is 3.22. The number of hydrogen-bond acceptors (Lipinski definition) is 3. The van der Waals surface area contributed by atoms with Crippen LogP contribution in [0.15, 0.2) is 53.4 Å². The van der Waals surface area contributed by atoms with Gasteiger partial charge in [-0.3, -0.25) is 0 Å². The van der Waals surface area contributed by atoms with Gasteiger partial charge >= 0.3 is 0 Å². The summed E-state index contributed by atoms with van der Waals surface area (Å²) in [7, 11) is -3.24. The standard InChI is InChI=1S/C15H17NO2S/c1-12-2-4-13(5-3-12)14-6-8-15(9-7-14)19(17,18)11-10-16/h2-9H,10-11,16H2,1H3. The molecule has 0 saturated heterocycles. The summed E-state index contributed by atoms with van der Waals surface area (Å²) in [4.78, 5) is 0.328. The molecule has 3 nitrogen and oxygen atoms in total. The first-order chi connectivity index (χ1) is 9.03. The Kier molecular flexibility index (Phi) is 4.02. The van der Waals surface area contributed by atoms with Crippen LogP contribution in [0.5, 0.6) is 0 Å². The van der Waals surface area contributed by atoms with Gasteiger partial charge in [0.2, 0.25) is 0 Å². The van der Waals surface area contributed by atoms with Gasteiger partial charge in [-0.05, 0) is 30.2 Å². The molecule has 2 aromatic carbocycles. The third-order valence-electron chi connectivity index (χ3n) is 2.98. The van der Waals surface area contributed by atoms with E-state index in [0.29, 0.717) is 4.90 Å². The Bertz CT molecular complexity index is 644. The predicted molar refractivity (Wildman–Crippen MR) is 77.7 cm³/mol. The minimum absolute atomic E-state index is 0.0170. The number of nitrogens with two attached hydrogens (primary N) is 1. The minimum Gasteiger partial charge on any atom is -0.329 e. The molecular formula is C15H17NO2S. The van der Waals surface area contributed by atoms with E-state index < -0.39 is 9.84 Å². The van der Waals surface area contributed by atoms with Gasteiger partial charge in [0, 0.05) is 6.54 Å². The van der Waals surface area contributed by atoms with E-state index in [4.69, 9.17) is 5.73 Å². The van der Waals surface area contributed by atoms with Gasteiger partial charge in [-0.1, -0.05) is 42.0 Å². The van der Waals surface area contributed by atoms with Crippen molar-refractivity contribution in [3.63, 3.8) is 0 Å². The molecule has 0 atom stereocenters. The number of hydrogen-bond donors (Lipinski definition) is 1. The van der Waals surface area contributed by atoms with Gasteiger partial charge in [-0.15, -0.1) is 0 Å². The van der Waals surface area contributed by atoms with Crippen LogP contribution in [-0.4, -0.2) is 20.7 Å². The van der Waals surface area contributed by atoms with E-state index in [2.05, 4.69) is 0 Å². The van der Waals surface area contributed by atoms with Crippen molar-refractivity contribution in [1.82, 2.24) is 0 Å². The van der Waals surface area contributed by atoms with Gasteiger partial charge in [0.1, 0.15) is 0 Å². The maximum absolute atomic E-state index is 11.8. The van der Waals surface area contributed by atoms with Crippen LogP contribution in [0.2, 0.25) is 0 Å². The Balaban J connectivity index is 2.31. The molecule has 0 aliphatic heterocycles. The SMILES string of the molecule is Cc1ccc(-c2ccc(S(=O)(=O)CCN)cc2)cc1. The molecule has 0 amide bonds. The fraction of sp³-hybridized carbons (Fsp3) is 0.200. The molecular weight excluding hydrogens is 258 g/mol. The molecule has 2 aromatic rings. The maximum Gasteiger partial charge on any atom is 0.179 e. The summed E-state index contributed by atoms with van der Waals surface area (Å²) in [6.45, 7) is 2.17. The van der Waals surface area contributed by atoms with Crippen LogP contribution in [0.3, 0.4) is 0 Å². The van der Waals surface area contributed by atoms with Crippen LogP contribution in [0, 0.1) is 6.92 Å². The largest absolute Gasteiger partial charge is 0.329 e. The number of benzene rings is 2. The second-order valence-electron chi connectivity index (χ2n) is 4.50. The van der Waals surface area contributed by atoms with Crippen LogP contribution in [0.25, 0.3) is 11.1 Å². The fourth-order valence-corrected chi connectivity index (χ4v) is 2.97. The van der Waals surface area contributed by atoms with Crippen LogP contribution in [-0.2, 0) is 9.84 Å². The van der Waals surface area contributed by atoms with E-state index in [1.807, 2.05) is 43.3 Å². The molecule has 0 bridgehead atoms. The first-order valence-electron chi connectivity index (χ1n) is 6.13. The molecule has 0 unspecified atom stereocenters. The Morgan fingerprint density at radius 3 is 1.84 bits per heavy atom. The summed E-state index contributed by atoms with van der Waals surface area (Å²) < 4.78 is 23.7. The lowest BCUT2D eigenvalue weighted by Gasteiger charge is -2.05. The van der Waals surface area contributed by atoms with E-state index in [9.17, 15) is 8.42 Å². The minimum atomic E-state index is -3.24. The van der Waals surface area contributed by atoms with Crippen LogP contribution < -0.4 is 5.73 Å². The molecule has 0 fully saturated rings. The molecule has 2 N–H and O–H groups in total. The highest BCUT2D eigenvalue weighted by atomic mass is 32.2. The second kappa shape index (κ2) is 5.55. The highest BCUT2D eigenvalue weighted by Gasteiger charge is 2.12. The van der Waals surface area contributed by atoms with E-state index in [1.165, 1.54) is 5.56 Å². The summed E-state index contributed by atoms with van der Waals surface area (Å²) >= 11 is 0. The molecule has 100 valence electrons. The van der Waals surface area contributed by atoms with Crippen molar-refractivity contribution in [2.45, 2.75) is 11.8 Å². The van der Waals surface area contributed by atoms with E-state index in [-0.39, 0.29) is 12.3 Å². The van der Waals surface area contributed by atoms with Gasteiger partial charge < -0.3 is 5.73 Å². The number of rotatable bonds is 4. The fourth-order valence-electron chi connectivity index (χ4n) is 1.87. The van der Waals surface area contributed by atoms with Gasteiger partial charge in [0.05, 0.1) is 10.6 Å². The first-order valence-corrected chi connectivity index (χ1v) is 7.78. The van der Waals surface area contributed by atoms with Gasteiger partial charge in [-0.25, -0.2) is 8.42 Å². The highest BCUT2D eigenvalue weighted by Crippen LogP contribution is 2.22. The molecule has 0 spiro atoms. The second-order valence-corrected chi connectivity index (χ2v) is 6.61. The zero-order valence-electron chi connectivity index (χ0n) is 10.8. The van der Waals surface area contributed by atoms with Crippen molar-refractivity contribution in [2.75, 3.05) is 12.3 Å². The Morgan fingerprint density at radius 2 is 1.37 bits per heavy atom. The van der Waals surface area contributed by atoms with E-state index in [1.54, 1.807) is 12.1 Å². The normalized spacial score (nSPS) is 11.5. The predicted octanol–water partition coefficient (Wildman–Crippen LogP) is 2.39. The first kappa shape index (κ1) is 13.8. The molecule has 4 heteroatoms. The summed E-state index contributed by atoms with van der Waals surface area (Å²) in [5.41, 5.74) is 8.59. The van der Waals surface area contributed by atoms with E-state index in [0.717, 1.165) is 11.1 Å². The maximum atomic E-state index is 11.8. The van der Waals surface area contributed by atoms with Crippen molar-refractivity contribution >= 4 is 9.84 Å².